The maximum atomic E-state index is 12.1. The fourth-order valence-electron chi connectivity index (χ4n) is 1.88. The third-order valence-electron chi connectivity index (χ3n) is 2.84. The minimum atomic E-state index is -5.17. The zero-order valence-corrected chi connectivity index (χ0v) is 8.92. The van der Waals surface area contributed by atoms with Crippen molar-refractivity contribution in [2.45, 2.75) is 43.5 Å². The summed E-state index contributed by atoms with van der Waals surface area (Å²) < 4.78 is 40.5. The van der Waals surface area contributed by atoms with Crippen molar-refractivity contribution in [2.24, 2.45) is 11.5 Å². The van der Waals surface area contributed by atoms with Crippen molar-refractivity contribution >= 4 is 11.9 Å². The van der Waals surface area contributed by atoms with Crippen molar-refractivity contribution in [1.29, 1.82) is 0 Å². The second-order valence-electron chi connectivity index (χ2n) is 3.99. The number of alkyl halides is 3. The minimum absolute atomic E-state index is 0.0781. The molecule has 1 fully saturated rings. The number of ether oxygens (including phenoxy) is 1. The van der Waals surface area contributed by atoms with E-state index in [9.17, 15) is 22.8 Å². The Bertz CT molecular complexity index is 332. The fourth-order valence-corrected chi connectivity index (χ4v) is 1.88. The van der Waals surface area contributed by atoms with Crippen LogP contribution in [0.1, 0.15) is 25.7 Å². The zero-order chi connectivity index (χ0) is 13.3. The van der Waals surface area contributed by atoms with E-state index in [1.807, 2.05) is 0 Å². The number of hydrogen-bond donors (Lipinski definition) is 2. The van der Waals surface area contributed by atoms with E-state index in [1.54, 1.807) is 0 Å². The number of hydrogen-bond acceptors (Lipinski definition) is 4. The Morgan fingerprint density at radius 1 is 1.29 bits per heavy atom. The van der Waals surface area contributed by atoms with Gasteiger partial charge in [0.25, 0.3) is 5.91 Å². The summed E-state index contributed by atoms with van der Waals surface area (Å²) in [7, 11) is 0. The van der Waals surface area contributed by atoms with E-state index < -0.39 is 29.7 Å². The van der Waals surface area contributed by atoms with Gasteiger partial charge in [0.15, 0.2) is 0 Å². The van der Waals surface area contributed by atoms with Gasteiger partial charge in [0, 0.05) is 0 Å². The molecule has 0 bridgehead atoms. The molecule has 0 heterocycles. The highest BCUT2D eigenvalue weighted by Crippen LogP contribution is 2.33. The Morgan fingerprint density at radius 3 is 2.29 bits per heavy atom. The highest BCUT2D eigenvalue weighted by Gasteiger charge is 2.53. The number of carbonyl (C=O) groups is 2. The van der Waals surface area contributed by atoms with Gasteiger partial charge < -0.3 is 16.2 Å². The van der Waals surface area contributed by atoms with Crippen molar-refractivity contribution in [1.82, 2.24) is 0 Å². The number of amides is 1. The molecule has 5 nitrogen and oxygen atoms in total. The van der Waals surface area contributed by atoms with Crippen LogP contribution in [0.25, 0.3) is 0 Å². The van der Waals surface area contributed by atoms with Gasteiger partial charge in [-0.05, 0) is 19.3 Å². The zero-order valence-electron chi connectivity index (χ0n) is 8.92. The van der Waals surface area contributed by atoms with E-state index >= 15 is 0 Å². The normalized spacial score (nSPS) is 29.8. The summed E-state index contributed by atoms with van der Waals surface area (Å²) in [5, 5.41) is 0. The number of halogens is 3. The second kappa shape index (κ2) is 4.52. The largest absolute Gasteiger partial charge is 0.490 e. The third kappa shape index (κ3) is 2.68. The molecule has 1 aliphatic rings. The van der Waals surface area contributed by atoms with Crippen LogP contribution in [-0.2, 0) is 14.3 Å². The minimum Gasteiger partial charge on any atom is -0.441 e. The lowest BCUT2D eigenvalue weighted by Crippen LogP contribution is -2.61. The molecule has 8 heteroatoms. The van der Waals surface area contributed by atoms with Gasteiger partial charge in [0.05, 0.1) is 6.04 Å². The number of esters is 1. The molecule has 0 aromatic heterocycles. The molecule has 0 radical (unpaired) electrons. The average Bonchev–Trinajstić information content (AvgIpc) is 2.19. The summed E-state index contributed by atoms with van der Waals surface area (Å²) >= 11 is 0. The average molecular weight is 254 g/mol. The number of primary amides is 1. The summed E-state index contributed by atoms with van der Waals surface area (Å²) in [6.07, 6.45) is -3.87. The van der Waals surface area contributed by atoms with Crippen LogP contribution >= 0.6 is 0 Å². The van der Waals surface area contributed by atoms with E-state index in [2.05, 4.69) is 4.74 Å². The number of carbonyl (C=O) groups excluding carboxylic acids is 2. The Labute approximate surface area is 95.3 Å². The van der Waals surface area contributed by atoms with Gasteiger partial charge in [-0.2, -0.15) is 13.2 Å². The van der Waals surface area contributed by atoms with Crippen LogP contribution in [0.4, 0.5) is 13.2 Å². The van der Waals surface area contributed by atoms with E-state index in [0.29, 0.717) is 12.8 Å². The maximum Gasteiger partial charge on any atom is 0.490 e. The van der Waals surface area contributed by atoms with Crippen LogP contribution in [0.3, 0.4) is 0 Å². The third-order valence-corrected chi connectivity index (χ3v) is 2.84. The lowest BCUT2D eigenvalue weighted by atomic mass is 9.80. The predicted molar refractivity (Wildman–Crippen MR) is 50.5 cm³/mol. The molecule has 2 atom stereocenters. The molecule has 1 rings (SSSR count). The summed E-state index contributed by atoms with van der Waals surface area (Å²) in [6.45, 7) is 0. The Morgan fingerprint density at radius 2 is 1.88 bits per heavy atom. The molecule has 17 heavy (non-hydrogen) atoms. The van der Waals surface area contributed by atoms with Gasteiger partial charge in [-0.15, -0.1) is 0 Å². The Kier molecular flexibility index (Phi) is 3.65. The van der Waals surface area contributed by atoms with Gasteiger partial charge in [-0.3, -0.25) is 4.79 Å². The van der Waals surface area contributed by atoms with Gasteiger partial charge in [0.1, 0.15) is 0 Å². The van der Waals surface area contributed by atoms with Crippen LogP contribution in [0, 0.1) is 0 Å². The number of rotatable bonds is 2. The van der Waals surface area contributed by atoms with Crippen molar-refractivity contribution in [3.8, 4) is 0 Å². The quantitative estimate of drug-likeness (QED) is 0.689. The Hall–Kier alpha value is -1.31. The monoisotopic (exact) mass is 254 g/mol. The van der Waals surface area contributed by atoms with E-state index in [-0.39, 0.29) is 12.8 Å². The van der Waals surface area contributed by atoms with Crippen molar-refractivity contribution in [2.75, 3.05) is 0 Å². The van der Waals surface area contributed by atoms with Crippen LogP contribution in [0.2, 0.25) is 0 Å². The first-order valence-corrected chi connectivity index (χ1v) is 5.06. The smallest absolute Gasteiger partial charge is 0.441 e. The Balaban J connectivity index is 2.93. The van der Waals surface area contributed by atoms with E-state index in [0.717, 1.165) is 0 Å². The molecular weight excluding hydrogens is 241 g/mol. The van der Waals surface area contributed by atoms with Gasteiger partial charge in [-0.1, -0.05) is 6.42 Å². The first-order chi connectivity index (χ1) is 7.70. The van der Waals surface area contributed by atoms with Crippen molar-refractivity contribution < 1.29 is 27.5 Å². The number of nitrogens with two attached hydrogens (primary N) is 2. The highest BCUT2D eigenvalue weighted by molar-refractivity contribution is 5.88. The fraction of sp³-hybridized carbons (Fsp3) is 0.778. The van der Waals surface area contributed by atoms with Crippen LogP contribution in [0.5, 0.6) is 0 Å². The summed E-state index contributed by atoms with van der Waals surface area (Å²) in [6, 6.07) is -1.000. The topological polar surface area (TPSA) is 95.4 Å². The van der Waals surface area contributed by atoms with Crippen molar-refractivity contribution in [3.63, 3.8) is 0 Å². The molecule has 1 saturated carbocycles. The lowest BCUT2D eigenvalue weighted by molar-refractivity contribution is -0.217. The van der Waals surface area contributed by atoms with Crippen LogP contribution in [-0.4, -0.2) is 29.7 Å². The molecule has 4 N–H and O–H groups in total. The molecule has 0 saturated heterocycles. The van der Waals surface area contributed by atoms with E-state index in [4.69, 9.17) is 11.5 Å². The first-order valence-electron chi connectivity index (χ1n) is 5.06. The van der Waals surface area contributed by atoms with Gasteiger partial charge in [0.2, 0.25) is 5.60 Å². The van der Waals surface area contributed by atoms with Crippen LogP contribution in [0.15, 0.2) is 0 Å². The van der Waals surface area contributed by atoms with Gasteiger partial charge in [-0.25, -0.2) is 4.79 Å². The summed E-state index contributed by atoms with van der Waals surface area (Å²) in [4.78, 5) is 22.0. The summed E-state index contributed by atoms with van der Waals surface area (Å²) in [5.74, 6) is -3.57. The second-order valence-corrected chi connectivity index (χ2v) is 3.99. The molecular formula is C9H13F3N2O3. The lowest BCUT2D eigenvalue weighted by Gasteiger charge is -2.38. The molecule has 1 aliphatic carbocycles. The molecule has 0 spiro atoms. The molecule has 0 aromatic carbocycles. The van der Waals surface area contributed by atoms with Gasteiger partial charge >= 0.3 is 12.1 Å². The van der Waals surface area contributed by atoms with Crippen molar-refractivity contribution in [3.05, 3.63) is 0 Å². The standard InChI is InChI=1S/C9H13F3N2O3/c10-9(11,12)7(16)17-8(6(14)15)4-2-1-3-5(8)13/h5H,1-4,13H2,(H2,14,15). The first kappa shape index (κ1) is 13.8. The molecule has 0 aliphatic heterocycles. The van der Waals surface area contributed by atoms with Crippen LogP contribution < -0.4 is 11.5 Å². The highest BCUT2D eigenvalue weighted by atomic mass is 19.4. The predicted octanol–water partition coefficient (Wildman–Crippen LogP) is 0.217. The molecule has 0 aromatic rings. The molecule has 2 unspecified atom stereocenters. The molecule has 1 amide bonds. The molecule has 98 valence electrons. The SMILES string of the molecule is NC(=O)C1(OC(=O)C(F)(F)F)CCCCC1N. The summed E-state index contributed by atoms with van der Waals surface area (Å²) in [5.41, 5.74) is 8.54. The maximum absolute atomic E-state index is 12.1. The van der Waals surface area contributed by atoms with E-state index in [1.165, 1.54) is 0 Å².